The predicted octanol–water partition coefficient (Wildman–Crippen LogP) is 0.918. The molecule has 1 aliphatic carbocycles. The van der Waals surface area contributed by atoms with Crippen LogP contribution < -0.4 is 11.1 Å². The Morgan fingerprint density at radius 1 is 1.57 bits per heavy atom. The number of rotatable bonds is 3. The summed E-state index contributed by atoms with van der Waals surface area (Å²) in [6.45, 7) is 2.51. The molecule has 0 heterocycles. The molecule has 0 aromatic carbocycles. The van der Waals surface area contributed by atoms with Gasteiger partial charge in [0.05, 0.1) is 0 Å². The van der Waals surface area contributed by atoms with Gasteiger partial charge >= 0.3 is 6.03 Å². The first-order chi connectivity index (χ1) is 6.59. The first-order valence-electron chi connectivity index (χ1n) is 5.37. The number of amides is 2. The minimum Gasteiger partial charge on any atom is -0.335 e. The molecule has 0 bridgehead atoms. The summed E-state index contributed by atoms with van der Waals surface area (Å²) in [5.41, 5.74) is 5.62. The Morgan fingerprint density at radius 3 is 2.64 bits per heavy atom. The zero-order valence-electron chi connectivity index (χ0n) is 9.12. The fourth-order valence-electron chi connectivity index (χ4n) is 1.87. The van der Waals surface area contributed by atoms with E-state index in [0.29, 0.717) is 12.6 Å². The van der Waals surface area contributed by atoms with Crippen molar-refractivity contribution >= 4 is 6.03 Å². The molecule has 0 saturated heterocycles. The van der Waals surface area contributed by atoms with Gasteiger partial charge in [-0.3, -0.25) is 0 Å². The van der Waals surface area contributed by atoms with Crippen LogP contribution in [-0.2, 0) is 0 Å². The molecule has 0 aromatic heterocycles. The molecule has 1 rings (SSSR count). The standard InChI is InChI=1S/C10H21N3O/c1-8(11)7-13(2)10(14)12-9-5-3-4-6-9/h8-9H,3-7,11H2,1-2H3,(H,12,14). The predicted molar refractivity (Wildman–Crippen MR) is 57.1 cm³/mol. The maximum atomic E-state index is 11.6. The van der Waals surface area contributed by atoms with E-state index in [0.717, 1.165) is 12.8 Å². The monoisotopic (exact) mass is 199 g/mol. The number of nitrogens with one attached hydrogen (secondary N) is 1. The van der Waals surface area contributed by atoms with Gasteiger partial charge in [-0.05, 0) is 19.8 Å². The van der Waals surface area contributed by atoms with Gasteiger partial charge in [-0.15, -0.1) is 0 Å². The molecular formula is C10H21N3O. The van der Waals surface area contributed by atoms with Crippen molar-refractivity contribution in [2.45, 2.75) is 44.7 Å². The highest BCUT2D eigenvalue weighted by molar-refractivity contribution is 5.74. The third kappa shape index (κ3) is 3.54. The van der Waals surface area contributed by atoms with Gasteiger partial charge in [0.2, 0.25) is 0 Å². The molecule has 1 saturated carbocycles. The zero-order valence-corrected chi connectivity index (χ0v) is 9.12. The number of nitrogens with two attached hydrogens (primary N) is 1. The highest BCUT2D eigenvalue weighted by Gasteiger charge is 2.19. The van der Waals surface area contributed by atoms with Crippen molar-refractivity contribution in [1.82, 2.24) is 10.2 Å². The molecule has 0 aliphatic heterocycles. The van der Waals surface area contributed by atoms with Gasteiger partial charge < -0.3 is 16.0 Å². The molecule has 1 unspecified atom stereocenters. The summed E-state index contributed by atoms with van der Waals surface area (Å²) in [6.07, 6.45) is 4.72. The molecule has 2 amide bonds. The largest absolute Gasteiger partial charge is 0.335 e. The Bertz CT molecular complexity index is 188. The lowest BCUT2D eigenvalue weighted by Crippen LogP contribution is -2.45. The van der Waals surface area contributed by atoms with Crippen molar-refractivity contribution in [3.05, 3.63) is 0 Å². The topological polar surface area (TPSA) is 58.4 Å². The van der Waals surface area contributed by atoms with Crippen molar-refractivity contribution < 1.29 is 4.79 Å². The fraction of sp³-hybridized carbons (Fsp3) is 0.900. The van der Waals surface area contributed by atoms with Gasteiger partial charge in [-0.25, -0.2) is 4.79 Å². The third-order valence-corrected chi connectivity index (χ3v) is 2.59. The van der Waals surface area contributed by atoms with Crippen LogP contribution in [0.2, 0.25) is 0 Å². The molecule has 4 nitrogen and oxygen atoms in total. The molecule has 1 atom stereocenters. The number of urea groups is 1. The Hall–Kier alpha value is -0.770. The smallest absolute Gasteiger partial charge is 0.317 e. The van der Waals surface area contributed by atoms with E-state index < -0.39 is 0 Å². The van der Waals surface area contributed by atoms with E-state index in [1.807, 2.05) is 6.92 Å². The van der Waals surface area contributed by atoms with Gasteiger partial charge in [-0.2, -0.15) is 0 Å². The average molecular weight is 199 g/mol. The Morgan fingerprint density at radius 2 is 2.14 bits per heavy atom. The van der Waals surface area contributed by atoms with Crippen molar-refractivity contribution in [2.24, 2.45) is 5.73 Å². The second kappa shape index (κ2) is 5.20. The maximum Gasteiger partial charge on any atom is 0.317 e. The molecule has 1 aliphatic rings. The second-order valence-corrected chi connectivity index (χ2v) is 4.29. The first kappa shape index (κ1) is 11.3. The summed E-state index contributed by atoms with van der Waals surface area (Å²) in [4.78, 5) is 13.2. The van der Waals surface area contributed by atoms with E-state index in [-0.39, 0.29) is 12.1 Å². The van der Waals surface area contributed by atoms with E-state index in [1.54, 1.807) is 11.9 Å². The average Bonchev–Trinajstić information content (AvgIpc) is 2.55. The number of hydrogen-bond donors (Lipinski definition) is 2. The van der Waals surface area contributed by atoms with Crippen LogP contribution in [0, 0.1) is 0 Å². The van der Waals surface area contributed by atoms with Gasteiger partial charge in [-0.1, -0.05) is 12.8 Å². The molecule has 14 heavy (non-hydrogen) atoms. The second-order valence-electron chi connectivity index (χ2n) is 4.29. The van der Waals surface area contributed by atoms with Gasteiger partial charge in [0.15, 0.2) is 0 Å². The SMILES string of the molecule is CC(N)CN(C)C(=O)NC1CCCC1. The van der Waals surface area contributed by atoms with Crippen LogP contribution in [0.15, 0.2) is 0 Å². The van der Waals surface area contributed by atoms with Crippen LogP contribution in [0.3, 0.4) is 0 Å². The summed E-state index contributed by atoms with van der Waals surface area (Å²) < 4.78 is 0. The summed E-state index contributed by atoms with van der Waals surface area (Å²) in [6, 6.07) is 0.432. The van der Waals surface area contributed by atoms with Crippen LogP contribution in [0.5, 0.6) is 0 Å². The van der Waals surface area contributed by atoms with Crippen LogP contribution in [0.25, 0.3) is 0 Å². The number of hydrogen-bond acceptors (Lipinski definition) is 2. The quantitative estimate of drug-likeness (QED) is 0.710. The number of likely N-dealkylation sites (N-methyl/N-ethyl adjacent to an activating group) is 1. The zero-order chi connectivity index (χ0) is 10.6. The lowest BCUT2D eigenvalue weighted by molar-refractivity contribution is 0.202. The highest BCUT2D eigenvalue weighted by Crippen LogP contribution is 2.17. The van der Waals surface area contributed by atoms with E-state index in [4.69, 9.17) is 5.73 Å². The number of carbonyl (C=O) groups excluding carboxylic acids is 1. The lowest BCUT2D eigenvalue weighted by atomic mass is 10.2. The number of nitrogens with zero attached hydrogens (tertiary/aromatic N) is 1. The molecule has 0 radical (unpaired) electrons. The van der Waals surface area contributed by atoms with Crippen LogP contribution in [0.4, 0.5) is 4.79 Å². The summed E-state index contributed by atoms with van der Waals surface area (Å²) in [7, 11) is 1.79. The normalized spacial score (nSPS) is 19.4. The lowest BCUT2D eigenvalue weighted by Gasteiger charge is -2.22. The minimum atomic E-state index is 0.00852. The van der Waals surface area contributed by atoms with Crippen LogP contribution >= 0.6 is 0 Å². The summed E-state index contributed by atoms with van der Waals surface area (Å²) >= 11 is 0. The van der Waals surface area contributed by atoms with E-state index in [9.17, 15) is 4.79 Å². The Kier molecular flexibility index (Phi) is 4.20. The Balaban J connectivity index is 2.25. The molecule has 4 heteroatoms. The molecule has 0 spiro atoms. The van der Waals surface area contributed by atoms with Crippen molar-refractivity contribution in [2.75, 3.05) is 13.6 Å². The van der Waals surface area contributed by atoms with Gasteiger partial charge in [0.1, 0.15) is 0 Å². The van der Waals surface area contributed by atoms with Crippen LogP contribution in [0.1, 0.15) is 32.6 Å². The van der Waals surface area contributed by atoms with Crippen LogP contribution in [-0.4, -0.2) is 36.6 Å². The van der Waals surface area contributed by atoms with E-state index in [2.05, 4.69) is 5.32 Å². The first-order valence-corrected chi connectivity index (χ1v) is 5.37. The van der Waals surface area contributed by atoms with E-state index in [1.165, 1.54) is 12.8 Å². The van der Waals surface area contributed by atoms with Gasteiger partial charge in [0.25, 0.3) is 0 Å². The third-order valence-electron chi connectivity index (χ3n) is 2.59. The summed E-state index contributed by atoms with van der Waals surface area (Å²) in [5, 5.41) is 3.02. The molecule has 82 valence electrons. The van der Waals surface area contributed by atoms with Crippen molar-refractivity contribution in [1.29, 1.82) is 0 Å². The van der Waals surface area contributed by atoms with E-state index >= 15 is 0 Å². The maximum absolute atomic E-state index is 11.6. The fourth-order valence-corrected chi connectivity index (χ4v) is 1.87. The minimum absolute atomic E-state index is 0.00852. The molecular weight excluding hydrogens is 178 g/mol. The Labute approximate surface area is 85.8 Å². The highest BCUT2D eigenvalue weighted by atomic mass is 16.2. The number of carbonyl (C=O) groups is 1. The van der Waals surface area contributed by atoms with Gasteiger partial charge in [0, 0.05) is 25.7 Å². The van der Waals surface area contributed by atoms with Crippen molar-refractivity contribution in [3.63, 3.8) is 0 Å². The molecule has 1 fully saturated rings. The van der Waals surface area contributed by atoms with Crippen molar-refractivity contribution in [3.8, 4) is 0 Å². The molecule has 3 N–H and O–H groups in total. The molecule has 0 aromatic rings. The summed E-state index contributed by atoms with van der Waals surface area (Å²) in [5.74, 6) is 0.